The third-order valence-electron chi connectivity index (χ3n) is 10.9. The molecule has 2 fully saturated rings. The molecule has 2 aliphatic rings. The van der Waals surface area contributed by atoms with Gasteiger partial charge in [-0.25, -0.2) is 26.7 Å². The maximum atomic E-state index is 14.2. The van der Waals surface area contributed by atoms with Crippen molar-refractivity contribution in [3.8, 4) is 11.1 Å². The Bertz CT molecular complexity index is 2490. The van der Waals surface area contributed by atoms with Crippen LogP contribution in [0.3, 0.4) is 0 Å². The Morgan fingerprint density at radius 1 is 0.759 bits per heavy atom. The average Bonchev–Trinajstić information content (AvgIpc) is 3.60. The van der Waals surface area contributed by atoms with Gasteiger partial charge in [0.15, 0.2) is 29.6 Å². The number of benzene rings is 5. The standard InChI is InChI=1S/C44H39F5N4O5/c45-37-36(38(46)40(48)41(49)39(37)47)42(55)50-22-26-5-3-6-28(19-26)29-7-4-8-30(20-29)43-57-32(21-35(58-43)27-13-11-25(24-54)12-14-27)23-52-17-15-31(16-18-52)53-34-10-2-1-9-33(34)51-44(53)56/h1-14,19-20,31-32,35,43,54H,15-18,21-24H2,(H,50,55)(H,51,56). The van der Waals surface area contributed by atoms with Gasteiger partial charge in [-0.3, -0.25) is 9.36 Å². The van der Waals surface area contributed by atoms with E-state index in [1.807, 2.05) is 83.4 Å². The maximum absolute atomic E-state index is 14.2. The predicted octanol–water partition coefficient (Wildman–Crippen LogP) is 8.00. The van der Waals surface area contributed by atoms with Gasteiger partial charge in [-0.05, 0) is 64.9 Å². The molecule has 3 atom stereocenters. The second-order valence-electron chi connectivity index (χ2n) is 14.7. The molecule has 8 rings (SSSR count). The molecule has 0 aliphatic carbocycles. The molecule has 3 heterocycles. The predicted molar refractivity (Wildman–Crippen MR) is 205 cm³/mol. The number of amides is 1. The highest BCUT2D eigenvalue weighted by Gasteiger charge is 2.35. The summed E-state index contributed by atoms with van der Waals surface area (Å²) < 4.78 is 84.6. The quantitative estimate of drug-likeness (QED) is 0.0737. The van der Waals surface area contributed by atoms with Gasteiger partial charge in [-0.15, -0.1) is 0 Å². The molecule has 3 unspecified atom stereocenters. The lowest BCUT2D eigenvalue weighted by Gasteiger charge is -2.40. The zero-order valence-electron chi connectivity index (χ0n) is 31.1. The highest BCUT2D eigenvalue weighted by Crippen LogP contribution is 2.40. The van der Waals surface area contributed by atoms with Crippen molar-refractivity contribution in [3.05, 3.63) is 164 Å². The number of imidazole rings is 1. The van der Waals surface area contributed by atoms with Crippen LogP contribution in [-0.2, 0) is 22.6 Å². The number of likely N-dealkylation sites (tertiary alicyclic amines) is 1. The number of H-pyrrole nitrogens is 1. The molecule has 3 N–H and O–H groups in total. The van der Waals surface area contributed by atoms with Crippen molar-refractivity contribution in [2.24, 2.45) is 0 Å². The van der Waals surface area contributed by atoms with E-state index in [0.29, 0.717) is 18.5 Å². The Hall–Kier alpha value is -5.67. The van der Waals surface area contributed by atoms with Crippen molar-refractivity contribution >= 4 is 16.9 Å². The minimum atomic E-state index is -2.34. The molecular weight excluding hydrogens is 759 g/mol. The van der Waals surface area contributed by atoms with Crippen molar-refractivity contribution in [1.29, 1.82) is 0 Å². The van der Waals surface area contributed by atoms with Gasteiger partial charge in [0.2, 0.25) is 5.82 Å². The van der Waals surface area contributed by atoms with E-state index in [4.69, 9.17) is 9.47 Å². The number of carbonyl (C=O) groups excluding carboxylic acids is 1. The van der Waals surface area contributed by atoms with E-state index in [9.17, 15) is 36.6 Å². The van der Waals surface area contributed by atoms with Crippen molar-refractivity contribution < 1.29 is 41.3 Å². The fraction of sp³-hybridized carbons (Fsp3) is 0.273. The highest BCUT2D eigenvalue weighted by atomic mass is 19.2. The first kappa shape index (κ1) is 39.2. The van der Waals surface area contributed by atoms with E-state index in [-0.39, 0.29) is 37.1 Å². The Morgan fingerprint density at radius 3 is 2.16 bits per heavy atom. The number of rotatable bonds is 10. The normalized spacial score (nSPS) is 19.1. The van der Waals surface area contributed by atoms with Crippen molar-refractivity contribution in [1.82, 2.24) is 19.8 Å². The molecule has 14 heteroatoms. The number of piperidine rings is 1. The zero-order chi connectivity index (χ0) is 40.5. The molecule has 0 radical (unpaired) electrons. The van der Waals surface area contributed by atoms with Crippen molar-refractivity contribution in [3.63, 3.8) is 0 Å². The van der Waals surface area contributed by atoms with Crippen LogP contribution >= 0.6 is 0 Å². The maximum Gasteiger partial charge on any atom is 0.326 e. The van der Waals surface area contributed by atoms with Gasteiger partial charge in [0.25, 0.3) is 5.91 Å². The molecule has 2 saturated heterocycles. The second kappa shape index (κ2) is 16.7. The first-order chi connectivity index (χ1) is 28.1. The summed E-state index contributed by atoms with van der Waals surface area (Å²) >= 11 is 0. The number of halogens is 5. The fourth-order valence-electron chi connectivity index (χ4n) is 7.92. The molecule has 0 bridgehead atoms. The number of aromatic amines is 1. The van der Waals surface area contributed by atoms with Gasteiger partial charge >= 0.3 is 5.69 Å². The number of aromatic nitrogens is 2. The monoisotopic (exact) mass is 798 g/mol. The molecule has 5 aromatic carbocycles. The molecule has 1 amide bonds. The first-order valence-corrected chi connectivity index (χ1v) is 19.0. The van der Waals surface area contributed by atoms with Crippen LogP contribution in [0.25, 0.3) is 22.2 Å². The smallest absolute Gasteiger partial charge is 0.326 e. The summed E-state index contributed by atoms with van der Waals surface area (Å²) in [6.45, 7) is 1.89. The fourth-order valence-corrected chi connectivity index (χ4v) is 7.92. The van der Waals surface area contributed by atoms with Crippen LogP contribution in [0.15, 0.2) is 102 Å². The lowest BCUT2D eigenvalue weighted by molar-refractivity contribution is -0.253. The summed E-state index contributed by atoms with van der Waals surface area (Å²) in [7, 11) is 0. The SMILES string of the molecule is O=C(NCc1cccc(-c2cccc(C3OC(CN4CCC(n5c(=O)[nH]c6ccccc65)CC4)CC(c4ccc(CO)cc4)O3)c2)c1)c1c(F)c(F)c(F)c(F)c1F. The van der Waals surface area contributed by atoms with Gasteiger partial charge in [-0.1, -0.05) is 72.8 Å². The molecule has 1 aromatic heterocycles. The van der Waals surface area contributed by atoms with E-state index >= 15 is 0 Å². The first-order valence-electron chi connectivity index (χ1n) is 19.0. The number of aliphatic hydroxyl groups excluding tert-OH is 1. The number of para-hydroxylation sites is 2. The lowest BCUT2D eigenvalue weighted by atomic mass is 9.97. The third-order valence-corrected chi connectivity index (χ3v) is 10.9. The number of ether oxygens (including phenoxy) is 2. The topological polar surface area (TPSA) is 109 Å². The van der Waals surface area contributed by atoms with Crippen LogP contribution in [0.4, 0.5) is 22.0 Å². The highest BCUT2D eigenvalue weighted by molar-refractivity contribution is 5.94. The minimum absolute atomic E-state index is 0.0769. The van der Waals surface area contributed by atoms with E-state index in [0.717, 1.165) is 64.8 Å². The molecule has 0 saturated carbocycles. The summed E-state index contributed by atoms with van der Waals surface area (Å²) in [4.78, 5) is 30.8. The summed E-state index contributed by atoms with van der Waals surface area (Å²) in [6.07, 6.45) is 0.946. The number of hydrogen-bond acceptors (Lipinski definition) is 6. The van der Waals surface area contributed by atoms with Gasteiger partial charge < -0.3 is 29.8 Å². The van der Waals surface area contributed by atoms with Crippen LogP contribution in [0.5, 0.6) is 0 Å². The lowest BCUT2D eigenvalue weighted by Crippen LogP contribution is -2.43. The Balaban J connectivity index is 0.980. The van der Waals surface area contributed by atoms with Gasteiger partial charge in [-0.2, -0.15) is 0 Å². The number of aliphatic hydroxyl groups is 1. The van der Waals surface area contributed by atoms with Gasteiger partial charge in [0.05, 0.1) is 29.8 Å². The molecule has 300 valence electrons. The van der Waals surface area contributed by atoms with Crippen LogP contribution < -0.4 is 11.0 Å². The summed E-state index contributed by atoms with van der Waals surface area (Å²) in [5, 5.41) is 11.9. The van der Waals surface area contributed by atoms with E-state index < -0.39 is 46.8 Å². The van der Waals surface area contributed by atoms with E-state index in [2.05, 4.69) is 15.2 Å². The Kier molecular flexibility index (Phi) is 11.3. The number of carbonyl (C=O) groups is 1. The largest absolute Gasteiger partial charge is 0.392 e. The number of hydrogen-bond donors (Lipinski definition) is 3. The molecule has 0 spiro atoms. The number of nitrogens with zero attached hydrogens (tertiary/aromatic N) is 2. The Morgan fingerprint density at radius 2 is 1.43 bits per heavy atom. The zero-order valence-corrected chi connectivity index (χ0v) is 31.1. The van der Waals surface area contributed by atoms with Gasteiger partial charge in [0, 0.05) is 44.2 Å². The average molecular weight is 799 g/mol. The molecule has 6 aromatic rings. The number of nitrogens with one attached hydrogen (secondary N) is 2. The second-order valence-corrected chi connectivity index (χ2v) is 14.7. The van der Waals surface area contributed by atoms with Crippen molar-refractivity contribution in [2.75, 3.05) is 19.6 Å². The molecule has 2 aliphatic heterocycles. The van der Waals surface area contributed by atoms with Crippen LogP contribution in [-0.4, -0.2) is 51.2 Å². The van der Waals surface area contributed by atoms with Crippen LogP contribution in [0.2, 0.25) is 0 Å². The molecule has 58 heavy (non-hydrogen) atoms. The Labute approximate surface area is 329 Å². The molecular formula is C44H39F5N4O5. The van der Waals surface area contributed by atoms with Crippen LogP contribution in [0.1, 0.15) is 70.3 Å². The number of fused-ring (bicyclic) bond motifs is 1. The van der Waals surface area contributed by atoms with Crippen LogP contribution in [0, 0.1) is 29.1 Å². The van der Waals surface area contributed by atoms with Gasteiger partial charge in [0.1, 0.15) is 5.56 Å². The van der Waals surface area contributed by atoms with E-state index in [1.54, 1.807) is 18.2 Å². The van der Waals surface area contributed by atoms with E-state index in [1.165, 1.54) is 0 Å². The summed E-state index contributed by atoms with van der Waals surface area (Å²) in [6, 6.07) is 29.9. The molecule has 9 nitrogen and oxygen atoms in total. The summed E-state index contributed by atoms with van der Waals surface area (Å²) in [5.41, 5.74) is 4.57. The summed E-state index contributed by atoms with van der Waals surface area (Å²) in [5.74, 6) is -12.6. The minimum Gasteiger partial charge on any atom is -0.392 e. The van der Waals surface area contributed by atoms with Crippen molar-refractivity contribution in [2.45, 2.75) is 57.0 Å². The third kappa shape index (κ3) is 7.92.